The molecule has 8 heteroatoms. The minimum Gasteiger partial charge on any atom is -0.497 e. The van der Waals surface area contributed by atoms with Gasteiger partial charge in [-0.1, -0.05) is 12.1 Å². The van der Waals surface area contributed by atoms with Gasteiger partial charge in [0.25, 0.3) is 5.91 Å². The van der Waals surface area contributed by atoms with Crippen LogP contribution in [0.3, 0.4) is 0 Å². The van der Waals surface area contributed by atoms with Crippen LogP contribution in [0.15, 0.2) is 82.8 Å². The van der Waals surface area contributed by atoms with Crippen molar-refractivity contribution in [1.82, 2.24) is 10.3 Å². The maximum Gasteiger partial charge on any atom is 0.261 e. The van der Waals surface area contributed by atoms with E-state index in [0.717, 1.165) is 15.6 Å². The Morgan fingerprint density at radius 2 is 1.70 bits per heavy atom. The van der Waals surface area contributed by atoms with Crippen LogP contribution in [0.25, 0.3) is 10.1 Å². The molecule has 0 aliphatic heterocycles. The van der Waals surface area contributed by atoms with Gasteiger partial charge in [0.1, 0.15) is 5.75 Å². The van der Waals surface area contributed by atoms with Gasteiger partial charge < -0.3 is 10.1 Å². The van der Waals surface area contributed by atoms with Gasteiger partial charge in [-0.25, -0.2) is 8.42 Å². The van der Waals surface area contributed by atoms with Crippen LogP contribution >= 0.6 is 11.3 Å². The number of carbonyl (C=O) groups is 1. The third-order valence-corrected chi connectivity index (χ3v) is 7.47. The molecule has 0 aliphatic rings. The van der Waals surface area contributed by atoms with Crippen molar-refractivity contribution in [3.05, 3.63) is 83.5 Å². The van der Waals surface area contributed by atoms with Crippen molar-refractivity contribution in [1.29, 1.82) is 0 Å². The normalized spacial score (nSPS) is 11.4. The molecular weight excluding hydrogens is 420 g/mol. The highest BCUT2D eigenvalue weighted by Gasteiger charge is 2.17. The van der Waals surface area contributed by atoms with E-state index in [1.807, 2.05) is 12.1 Å². The Bertz CT molecular complexity index is 1260. The molecule has 30 heavy (non-hydrogen) atoms. The van der Waals surface area contributed by atoms with Gasteiger partial charge in [0.05, 0.1) is 26.5 Å². The molecule has 0 atom stereocenters. The van der Waals surface area contributed by atoms with Crippen LogP contribution in [0, 0.1) is 0 Å². The average Bonchev–Trinajstić information content (AvgIpc) is 3.22. The summed E-state index contributed by atoms with van der Waals surface area (Å²) in [7, 11) is -2.09. The summed E-state index contributed by atoms with van der Waals surface area (Å²) in [5, 5.41) is 3.85. The molecule has 0 saturated heterocycles. The van der Waals surface area contributed by atoms with Gasteiger partial charge in [-0.3, -0.25) is 9.78 Å². The summed E-state index contributed by atoms with van der Waals surface area (Å²) in [5.41, 5.74) is 0.805. The molecule has 0 aliphatic carbocycles. The Labute approximate surface area is 178 Å². The molecule has 2 aromatic carbocycles. The molecule has 2 heterocycles. The lowest BCUT2D eigenvalue weighted by Crippen LogP contribution is -2.21. The number of fused-ring (bicyclic) bond motifs is 1. The molecule has 0 saturated carbocycles. The molecule has 0 unspecified atom stereocenters. The second-order valence-corrected chi connectivity index (χ2v) is 9.56. The van der Waals surface area contributed by atoms with Crippen LogP contribution in [0.1, 0.15) is 15.2 Å². The molecule has 4 rings (SSSR count). The first-order chi connectivity index (χ1) is 14.5. The maximum atomic E-state index is 12.8. The molecule has 6 nitrogen and oxygen atoms in total. The van der Waals surface area contributed by atoms with Crippen molar-refractivity contribution in [2.75, 3.05) is 7.11 Å². The molecule has 0 spiro atoms. The molecule has 0 bridgehead atoms. The van der Waals surface area contributed by atoms with Gasteiger partial charge >= 0.3 is 0 Å². The third kappa shape index (κ3) is 4.05. The number of thiophene rings is 1. The summed E-state index contributed by atoms with van der Waals surface area (Å²) < 4.78 is 31.6. The van der Waals surface area contributed by atoms with E-state index in [2.05, 4.69) is 10.3 Å². The summed E-state index contributed by atoms with van der Waals surface area (Å²) in [6, 6.07) is 16.5. The number of carbonyl (C=O) groups excluding carboxylic acids is 1. The third-order valence-electron chi connectivity index (χ3n) is 4.60. The fourth-order valence-electron chi connectivity index (χ4n) is 2.94. The first-order valence-corrected chi connectivity index (χ1v) is 11.4. The first-order valence-electron chi connectivity index (χ1n) is 9.07. The van der Waals surface area contributed by atoms with E-state index >= 15 is 0 Å². The van der Waals surface area contributed by atoms with E-state index < -0.39 is 9.84 Å². The van der Waals surface area contributed by atoms with Crippen molar-refractivity contribution < 1.29 is 17.9 Å². The lowest BCUT2D eigenvalue weighted by atomic mass is 10.2. The highest BCUT2D eigenvalue weighted by atomic mass is 32.2. The fraction of sp³-hybridized carbons (Fsp3) is 0.0909. The summed E-state index contributed by atoms with van der Waals surface area (Å²) in [6.45, 7) is 0.300. The zero-order chi connectivity index (χ0) is 21.1. The topological polar surface area (TPSA) is 85.4 Å². The zero-order valence-corrected chi connectivity index (χ0v) is 17.7. The second kappa shape index (κ2) is 8.25. The number of methoxy groups -OCH3 is 1. The number of hydrogen-bond acceptors (Lipinski definition) is 6. The van der Waals surface area contributed by atoms with Crippen molar-refractivity contribution in [2.45, 2.75) is 16.3 Å². The number of rotatable bonds is 6. The van der Waals surface area contributed by atoms with Crippen LogP contribution in [0.4, 0.5) is 0 Å². The van der Waals surface area contributed by atoms with Gasteiger partial charge in [-0.05, 0) is 59.5 Å². The van der Waals surface area contributed by atoms with Crippen molar-refractivity contribution in [3.63, 3.8) is 0 Å². The monoisotopic (exact) mass is 438 g/mol. The van der Waals surface area contributed by atoms with Gasteiger partial charge in [0.15, 0.2) is 0 Å². The minimum atomic E-state index is -3.62. The van der Waals surface area contributed by atoms with E-state index in [4.69, 9.17) is 4.74 Å². The Kier molecular flexibility index (Phi) is 5.52. The SMILES string of the molecule is COc1ccc(S(=O)(=O)c2ccc(CNC(=O)c3cc4ccncc4s3)cc2)cc1. The van der Waals surface area contributed by atoms with Crippen LogP contribution in [-0.4, -0.2) is 26.4 Å². The predicted octanol–water partition coefficient (Wildman–Crippen LogP) is 4.07. The van der Waals surface area contributed by atoms with Crippen molar-refractivity contribution >= 4 is 37.2 Å². The summed E-state index contributed by atoms with van der Waals surface area (Å²) in [5.74, 6) is 0.418. The largest absolute Gasteiger partial charge is 0.497 e. The molecule has 1 amide bonds. The Morgan fingerprint density at radius 1 is 1.03 bits per heavy atom. The summed E-state index contributed by atoms with van der Waals surface area (Å²) in [4.78, 5) is 17.5. The molecule has 2 aromatic heterocycles. The van der Waals surface area contributed by atoms with Crippen LogP contribution in [0.5, 0.6) is 5.75 Å². The maximum absolute atomic E-state index is 12.8. The number of nitrogens with one attached hydrogen (secondary N) is 1. The average molecular weight is 439 g/mol. The van der Waals surface area contributed by atoms with E-state index in [1.54, 1.807) is 48.8 Å². The zero-order valence-electron chi connectivity index (χ0n) is 16.0. The smallest absolute Gasteiger partial charge is 0.261 e. The van der Waals surface area contributed by atoms with Crippen LogP contribution < -0.4 is 10.1 Å². The van der Waals surface area contributed by atoms with E-state index in [-0.39, 0.29) is 15.7 Å². The number of amides is 1. The lowest BCUT2D eigenvalue weighted by molar-refractivity contribution is 0.0955. The standard InChI is InChI=1S/C22H18N2O4S2/c1-28-17-4-8-19(9-5-17)30(26,27)18-6-2-15(3-7-18)13-24-22(25)20-12-16-10-11-23-14-21(16)29-20/h2-12,14H,13H2,1H3,(H,24,25). The highest BCUT2D eigenvalue weighted by Crippen LogP contribution is 2.25. The van der Waals surface area contributed by atoms with E-state index in [0.29, 0.717) is 17.2 Å². The number of benzene rings is 2. The molecule has 0 radical (unpaired) electrons. The van der Waals surface area contributed by atoms with Crippen molar-refractivity contribution in [3.8, 4) is 5.75 Å². The van der Waals surface area contributed by atoms with Gasteiger partial charge in [-0.15, -0.1) is 11.3 Å². The van der Waals surface area contributed by atoms with Crippen molar-refractivity contribution in [2.24, 2.45) is 0 Å². The highest BCUT2D eigenvalue weighted by molar-refractivity contribution is 7.91. The Morgan fingerprint density at radius 3 is 2.33 bits per heavy atom. The Hall–Kier alpha value is -3.23. The molecule has 152 valence electrons. The summed E-state index contributed by atoms with van der Waals surface area (Å²) >= 11 is 1.38. The van der Waals surface area contributed by atoms with Gasteiger partial charge in [0, 0.05) is 18.9 Å². The fourth-order valence-corrected chi connectivity index (χ4v) is 5.15. The lowest BCUT2D eigenvalue weighted by Gasteiger charge is -2.08. The summed E-state index contributed by atoms with van der Waals surface area (Å²) in [6.07, 6.45) is 3.43. The van der Waals surface area contributed by atoms with Gasteiger partial charge in [-0.2, -0.15) is 0 Å². The second-order valence-electron chi connectivity index (χ2n) is 6.53. The van der Waals surface area contributed by atoms with E-state index in [9.17, 15) is 13.2 Å². The molecule has 1 N–H and O–H groups in total. The predicted molar refractivity (Wildman–Crippen MR) is 116 cm³/mol. The Balaban J connectivity index is 1.44. The molecule has 4 aromatic rings. The number of hydrogen-bond donors (Lipinski definition) is 1. The minimum absolute atomic E-state index is 0.175. The number of pyridine rings is 1. The molecule has 0 fully saturated rings. The van der Waals surface area contributed by atoms with Crippen LogP contribution in [0.2, 0.25) is 0 Å². The van der Waals surface area contributed by atoms with Crippen LogP contribution in [-0.2, 0) is 16.4 Å². The van der Waals surface area contributed by atoms with E-state index in [1.165, 1.54) is 30.6 Å². The number of aromatic nitrogens is 1. The molecular formula is C22H18N2O4S2. The number of sulfone groups is 1. The van der Waals surface area contributed by atoms with Gasteiger partial charge in [0.2, 0.25) is 9.84 Å². The number of nitrogens with zero attached hydrogens (tertiary/aromatic N) is 1. The quantitative estimate of drug-likeness (QED) is 0.491. The first kappa shape index (κ1) is 20.1. The number of ether oxygens (including phenoxy) is 1.